The van der Waals surface area contributed by atoms with Crippen LogP contribution in [0.15, 0.2) is 24.3 Å². The molecule has 2 rings (SSSR count). The molecule has 0 saturated heterocycles. The molecule has 1 aromatic heterocycles. The lowest BCUT2D eigenvalue weighted by Crippen LogP contribution is -1.98. The number of hydrogen-bond donors (Lipinski definition) is 1. The van der Waals surface area contributed by atoms with E-state index in [1.807, 2.05) is 45.2 Å². The lowest BCUT2D eigenvalue weighted by atomic mass is 10.1. The highest BCUT2D eigenvalue weighted by Crippen LogP contribution is 2.29. The molecule has 0 bridgehead atoms. The lowest BCUT2D eigenvalue weighted by molar-refractivity contribution is 0.340. The highest BCUT2D eigenvalue weighted by atomic mass is 16.5. The minimum absolute atomic E-state index is 0.674. The molecule has 2 N–H and O–H groups in total. The molecule has 0 saturated carbocycles. The van der Waals surface area contributed by atoms with Gasteiger partial charge in [0.1, 0.15) is 11.6 Å². The van der Waals surface area contributed by atoms with Crippen LogP contribution in [0.4, 0.5) is 5.82 Å². The molecule has 0 spiro atoms. The largest absolute Gasteiger partial charge is 0.494 e. The average Bonchev–Trinajstić information content (AvgIpc) is 2.55. The second kappa shape index (κ2) is 4.49. The van der Waals surface area contributed by atoms with Gasteiger partial charge in [-0.05, 0) is 31.5 Å². The summed E-state index contributed by atoms with van der Waals surface area (Å²) < 4.78 is 7.11. The summed E-state index contributed by atoms with van der Waals surface area (Å²) in [5.41, 5.74) is 9.00. The van der Waals surface area contributed by atoms with Crippen LogP contribution >= 0.6 is 0 Å². The van der Waals surface area contributed by atoms with Gasteiger partial charge in [-0.1, -0.05) is 12.1 Å². The van der Waals surface area contributed by atoms with E-state index in [2.05, 4.69) is 5.10 Å². The Kier molecular flexibility index (Phi) is 3.04. The molecule has 0 atom stereocenters. The Morgan fingerprint density at radius 1 is 1.29 bits per heavy atom. The van der Waals surface area contributed by atoms with Gasteiger partial charge in [-0.15, -0.1) is 0 Å². The second-order valence-electron chi connectivity index (χ2n) is 3.93. The Labute approximate surface area is 101 Å². The first-order valence-corrected chi connectivity index (χ1v) is 5.65. The minimum atomic E-state index is 0.674. The molecular formula is C13H17N3O. The molecule has 2 aromatic rings. The Bertz CT molecular complexity index is 514. The number of hydrogen-bond acceptors (Lipinski definition) is 3. The van der Waals surface area contributed by atoms with Crippen LogP contribution in [0.2, 0.25) is 0 Å². The van der Waals surface area contributed by atoms with Gasteiger partial charge in [0.05, 0.1) is 12.3 Å². The maximum atomic E-state index is 6.00. The van der Waals surface area contributed by atoms with Gasteiger partial charge in [-0.25, -0.2) is 0 Å². The van der Waals surface area contributed by atoms with Crippen LogP contribution in [0.25, 0.3) is 11.1 Å². The minimum Gasteiger partial charge on any atom is -0.494 e. The maximum absolute atomic E-state index is 6.00. The molecule has 0 aliphatic carbocycles. The quantitative estimate of drug-likeness (QED) is 0.882. The first-order chi connectivity index (χ1) is 8.13. The molecule has 1 heterocycles. The zero-order valence-corrected chi connectivity index (χ0v) is 10.4. The van der Waals surface area contributed by atoms with E-state index in [-0.39, 0.29) is 0 Å². The molecule has 90 valence electrons. The first-order valence-electron chi connectivity index (χ1n) is 5.65. The van der Waals surface area contributed by atoms with E-state index in [1.54, 1.807) is 4.68 Å². The standard InChI is InChI=1S/C13H17N3O/c1-4-17-11-7-5-10(6-8-11)12-9(2)15-16(3)13(12)14/h5-8H,4,14H2,1-3H3. The van der Waals surface area contributed by atoms with Gasteiger partial charge in [0.15, 0.2) is 0 Å². The average molecular weight is 231 g/mol. The van der Waals surface area contributed by atoms with E-state index in [0.717, 1.165) is 22.6 Å². The summed E-state index contributed by atoms with van der Waals surface area (Å²) in [5.74, 6) is 1.56. The molecule has 0 unspecified atom stereocenters. The number of nitrogens with two attached hydrogens (primary N) is 1. The van der Waals surface area contributed by atoms with Gasteiger partial charge < -0.3 is 10.5 Å². The number of benzene rings is 1. The van der Waals surface area contributed by atoms with E-state index in [9.17, 15) is 0 Å². The van der Waals surface area contributed by atoms with Crippen LogP contribution in [-0.4, -0.2) is 16.4 Å². The highest BCUT2D eigenvalue weighted by Gasteiger charge is 2.12. The molecule has 17 heavy (non-hydrogen) atoms. The van der Waals surface area contributed by atoms with Gasteiger partial charge in [0.2, 0.25) is 0 Å². The lowest BCUT2D eigenvalue weighted by Gasteiger charge is -2.05. The van der Waals surface area contributed by atoms with Crippen LogP contribution in [0.1, 0.15) is 12.6 Å². The van der Waals surface area contributed by atoms with Crippen molar-refractivity contribution in [2.75, 3.05) is 12.3 Å². The molecular weight excluding hydrogens is 214 g/mol. The summed E-state index contributed by atoms with van der Waals surface area (Å²) >= 11 is 0. The summed E-state index contributed by atoms with van der Waals surface area (Å²) in [5, 5.41) is 4.31. The summed E-state index contributed by atoms with van der Waals surface area (Å²) in [7, 11) is 1.85. The summed E-state index contributed by atoms with van der Waals surface area (Å²) in [4.78, 5) is 0. The predicted molar refractivity (Wildman–Crippen MR) is 69.0 cm³/mol. The van der Waals surface area contributed by atoms with E-state index < -0.39 is 0 Å². The zero-order valence-electron chi connectivity index (χ0n) is 10.4. The molecule has 0 radical (unpaired) electrons. The number of nitrogen functional groups attached to an aromatic ring is 1. The van der Waals surface area contributed by atoms with E-state index in [1.165, 1.54) is 0 Å². The third-order valence-electron chi connectivity index (χ3n) is 2.72. The van der Waals surface area contributed by atoms with Crippen molar-refractivity contribution in [3.63, 3.8) is 0 Å². The summed E-state index contributed by atoms with van der Waals surface area (Å²) in [6.45, 7) is 4.60. The molecule has 1 aromatic carbocycles. The van der Waals surface area contributed by atoms with Crippen LogP contribution in [0, 0.1) is 6.92 Å². The van der Waals surface area contributed by atoms with Crippen LogP contribution < -0.4 is 10.5 Å². The molecule has 0 aliphatic heterocycles. The van der Waals surface area contributed by atoms with Crippen LogP contribution in [0.5, 0.6) is 5.75 Å². The van der Waals surface area contributed by atoms with Crippen molar-refractivity contribution < 1.29 is 4.74 Å². The van der Waals surface area contributed by atoms with Crippen LogP contribution in [0.3, 0.4) is 0 Å². The number of rotatable bonds is 3. The van der Waals surface area contributed by atoms with Crippen molar-refractivity contribution in [1.82, 2.24) is 9.78 Å². The van der Waals surface area contributed by atoms with E-state index in [0.29, 0.717) is 12.4 Å². The number of ether oxygens (including phenoxy) is 1. The number of aromatic nitrogens is 2. The first kappa shape index (κ1) is 11.5. The van der Waals surface area contributed by atoms with Gasteiger partial charge in [0, 0.05) is 12.6 Å². The van der Waals surface area contributed by atoms with Gasteiger partial charge in [-0.3, -0.25) is 4.68 Å². The topological polar surface area (TPSA) is 53.1 Å². The summed E-state index contributed by atoms with van der Waals surface area (Å²) in [6, 6.07) is 7.91. The van der Waals surface area contributed by atoms with Gasteiger partial charge in [0.25, 0.3) is 0 Å². The predicted octanol–water partition coefficient (Wildman–Crippen LogP) is 2.38. The van der Waals surface area contributed by atoms with Gasteiger partial charge >= 0.3 is 0 Å². The molecule has 4 heteroatoms. The van der Waals surface area contributed by atoms with E-state index in [4.69, 9.17) is 10.5 Å². The van der Waals surface area contributed by atoms with Crippen molar-refractivity contribution in [1.29, 1.82) is 0 Å². The third kappa shape index (κ3) is 2.11. The third-order valence-corrected chi connectivity index (χ3v) is 2.72. The highest BCUT2D eigenvalue weighted by molar-refractivity contribution is 5.76. The molecule has 0 fully saturated rings. The molecule has 0 aliphatic rings. The van der Waals surface area contributed by atoms with E-state index >= 15 is 0 Å². The normalized spacial score (nSPS) is 10.5. The smallest absolute Gasteiger partial charge is 0.129 e. The number of nitrogens with zero attached hydrogens (tertiary/aromatic N) is 2. The van der Waals surface area contributed by atoms with Gasteiger partial charge in [-0.2, -0.15) is 5.10 Å². The SMILES string of the molecule is CCOc1ccc(-c2c(C)nn(C)c2N)cc1. The van der Waals surface area contributed by atoms with Crippen molar-refractivity contribution in [2.45, 2.75) is 13.8 Å². The monoisotopic (exact) mass is 231 g/mol. The molecule has 4 nitrogen and oxygen atoms in total. The van der Waals surface area contributed by atoms with Crippen molar-refractivity contribution in [3.8, 4) is 16.9 Å². The Hall–Kier alpha value is -1.97. The van der Waals surface area contributed by atoms with Crippen LogP contribution in [-0.2, 0) is 7.05 Å². The summed E-state index contributed by atoms with van der Waals surface area (Å²) in [6.07, 6.45) is 0. The maximum Gasteiger partial charge on any atom is 0.129 e. The Morgan fingerprint density at radius 3 is 2.41 bits per heavy atom. The fourth-order valence-corrected chi connectivity index (χ4v) is 1.92. The van der Waals surface area contributed by atoms with Crippen molar-refractivity contribution >= 4 is 5.82 Å². The number of aryl methyl sites for hydroxylation is 2. The fourth-order valence-electron chi connectivity index (χ4n) is 1.92. The molecule has 0 amide bonds. The Balaban J connectivity index is 2.39. The van der Waals surface area contributed by atoms with Crippen molar-refractivity contribution in [2.24, 2.45) is 7.05 Å². The second-order valence-corrected chi connectivity index (χ2v) is 3.93. The number of anilines is 1. The Morgan fingerprint density at radius 2 is 1.94 bits per heavy atom. The van der Waals surface area contributed by atoms with Crippen molar-refractivity contribution in [3.05, 3.63) is 30.0 Å². The zero-order chi connectivity index (χ0) is 12.4. The fraction of sp³-hybridized carbons (Fsp3) is 0.308.